The molecule has 10 nitrogen and oxygen atoms in total. The Morgan fingerprint density at radius 1 is 1.17 bits per heavy atom. The molecule has 1 spiro atoms. The zero-order chi connectivity index (χ0) is 38.0. The molecule has 2 aromatic carbocycles. The molecule has 4 heterocycles. The number of aldehydes is 1. The first kappa shape index (κ1) is 37.6. The average molecular weight is 793 g/mol. The summed E-state index contributed by atoms with van der Waals surface area (Å²) in [5, 5.41) is 3.36. The van der Waals surface area contributed by atoms with Gasteiger partial charge in [-0.05, 0) is 98.2 Å². The fraction of sp³-hybridized carbons (Fsp3) is 0.537. The lowest BCUT2D eigenvalue weighted by Gasteiger charge is -2.55. The summed E-state index contributed by atoms with van der Waals surface area (Å²) in [4.78, 5) is 35.7. The molecule has 1 amide bonds. The summed E-state index contributed by atoms with van der Waals surface area (Å²) in [6.45, 7) is 8.55. The summed E-state index contributed by atoms with van der Waals surface area (Å²) in [5.74, 6) is -0.715. The van der Waals surface area contributed by atoms with Gasteiger partial charge in [-0.2, -0.15) is 0 Å². The molecule has 1 saturated carbocycles. The number of halogens is 1. The number of benzene rings is 2. The SMILES string of the molecule is CO[C@@]1(C=O)/C=C/C[C@H](C)[C@@H](C)S(=O)(=O)NC(=O)c2cc(C3CNCc4scnc43)c3c(c2)N(CC2(C)CC[C@H]21)C[C@@]1(CCCc2cc(Cl)ccc21)CO3. The van der Waals surface area contributed by atoms with Gasteiger partial charge >= 0.3 is 0 Å². The van der Waals surface area contributed by atoms with Gasteiger partial charge in [0.2, 0.25) is 10.0 Å². The number of rotatable bonds is 3. The highest BCUT2D eigenvalue weighted by Crippen LogP contribution is 2.56. The monoisotopic (exact) mass is 792 g/mol. The van der Waals surface area contributed by atoms with E-state index < -0.39 is 32.2 Å². The molecule has 1 fully saturated rings. The van der Waals surface area contributed by atoms with Gasteiger partial charge in [-0.1, -0.05) is 37.6 Å². The number of anilines is 1. The third kappa shape index (κ3) is 6.30. The van der Waals surface area contributed by atoms with Crippen molar-refractivity contribution >= 4 is 50.8 Å². The topological polar surface area (TPSA) is 127 Å². The molecule has 3 aromatic rings. The molecular weight excluding hydrogens is 744 g/mol. The van der Waals surface area contributed by atoms with Crippen LogP contribution in [0.2, 0.25) is 5.02 Å². The highest BCUT2D eigenvalue weighted by molar-refractivity contribution is 7.90. The van der Waals surface area contributed by atoms with E-state index in [0.29, 0.717) is 50.0 Å². The molecule has 0 radical (unpaired) electrons. The van der Waals surface area contributed by atoms with E-state index in [4.69, 9.17) is 26.1 Å². The number of carbonyl (C=O) groups excluding carboxylic acids is 2. The minimum atomic E-state index is -4.09. The number of sulfonamides is 1. The summed E-state index contributed by atoms with van der Waals surface area (Å²) in [6.07, 6.45) is 9.47. The van der Waals surface area contributed by atoms with Crippen molar-refractivity contribution < 1.29 is 27.5 Å². The minimum Gasteiger partial charge on any atom is -0.490 e. The summed E-state index contributed by atoms with van der Waals surface area (Å²) >= 11 is 8.14. The Kier molecular flexibility index (Phi) is 9.77. The zero-order valence-corrected chi connectivity index (χ0v) is 33.7. The first-order valence-corrected chi connectivity index (χ1v) is 21.8. The van der Waals surface area contributed by atoms with E-state index in [0.717, 1.165) is 60.2 Å². The van der Waals surface area contributed by atoms with Crippen LogP contribution in [0.15, 0.2) is 48.0 Å². The van der Waals surface area contributed by atoms with Crippen molar-refractivity contribution in [3.8, 4) is 5.75 Å². The van der Waals surface area contributed by atoms with Gasteiger partial charge in [0.1, 0.15) is 11.4 Å². The van der Waals surface area contributed by atoms with E-state index in [1.807, 2.05) is 42.8 Å². The van der Waals surface area contributed by atoms with Crippen molar-refractivity contribution in [1.82, 2.24) is 15.0 Å². The number of amides is 1. The van der Waals surface area contributed by atoms with Crippen molar-refractivity contribution in [2.24, 2.45) is 17.3 Å². The quantitative estimate of drug-likeness (QED) is 0.224. The highest BCUT2D eigenvalue weighted by atomic mass is 35.5. The lowest BCUT2D eigenvalue weighted by Crippen LogP contribution is -2.59. The number of thiazole rings is 1. The largest absolute Gasteiger partial charge is 0.490 e. The van der Waals surface area contributed by atoms with E-state index in [2.05, 4.69) is 34.0 Å². The molecule has 5 aliphatic rings. The molecule has 2 bridgehead atoms. The predicted octanol–water partition coefficient (Wildman–Crippen LogP) is 6.55. The maximum absolute atomic E-state index is 14.3. The van der Waals surface area contributed by atoms with Crippen LogP contribution in [-0.2, 0) is 37.9 Å². The molecule has 0 saturated heterocycles. The van der Waals surface area contributed by atoms with Crippen molar-refractivity contribution in [1.29, 1.82) is 0 Å². The van der Waals surface area contributed by atoms with Gasteiger partial charge in [-0.25, -0.2) is 18.1 Å². The number of hydrogen-bond acceptors (Lipinski definition) is 10. The summed E-state index contributed by atoms with van der Waals surface area (Å²) in [6, 6.07) is 9.80. The van der Waals surface area contributed by atoms with E-state index in [9.17, 15) is 18.0 Å². The number of aryl methyl sites for hydroxylation is 1. The van der Waals surface area contributed by atoms with Gasteiger partial charge in [0.15, 0.2) is 6.29 Å². The Bertz CT molecular complexity index is 2120. The average Bonchev–Trinajstić information content (AvgIpc) is 3.58. The number of ether oxygens (including phenoxy) is 2. The van der Waals surface area contributed by atoms with Gasteiger partial charge in [0, 0.05) is 71.6 Å². The number of nitrogens with zero attached hydrogens (tertiary/aromatic N) is 2. The number of fused-ring (bicyclic) bond motifs is 5. The van der Waals surface area contributed by atoms with Gasteiger partial charge in [-0.15, -0.1) is 11.3 Å². The van der Waals surface area contributed by atoms with Gasteiger partial charge in [0.25, 0.3) is 5.91 Å². The first-order chi connectivity index (χ1) is 25.8. The number of hydrogen-bond donors (Lipinski definition) is 2. The summed E-state index contributed by atoms with van der Waals surface area (Å²) < 4.78 is 43.3. The Morgan fingerprint density at radius 2 is 2.00 bits per heavy atom. The number of aromatic nitrogens is 1. The lowest BCUT2D eigenvalue weighted by molar-refractivity contribution is -0.145. The Balaban J connectivity index is 1.35. The molecule has 2 N–H and O–H groups in total. The van der Waals surface area contributed by atoms with Gasteiger partial charge in [-0.3, -0.25) is 9.59 Å². The van der Waals surface area contributed by atoms with E-state index in [1.54, 1.807) is 25.4 Å². The lowest BCUT2D eigenvalue weighted by atomic mass is 9.54. The van der Waals surface area contributed by atoms with Crippen LogP contribution in [0.4, 0.5) is 5.69 Å². The second kappa shape index (κ2) is 14.0. The van der Waals surface area contributed by atoms with Crippen LogP contribution in [0.5, 0.6) is 5.75 Å². The predicted molar refractivity (Wildman–Crippen MR) is 211 cm³/mol. The van der Waals surface area contributed by atoms with Crippen LogP contribution in [0.3, 0.4) is 0 Å². The van der Waals surface area contributed by atoms with Crippen LogP contribution in [0.25, 0.3) is 0 Å². The Morgan fingerprint density at radius 3 is 2.76 bits per heavy atom. The highest BCUT2D eigenvalue weighted by Gasteiger charge is 2.56. The molecule has 13 heteroatoms. The third-order valence-corrected chi connectivity index (χ3v) is 16.3. The van der Waals surface area contributed by atoms with Crippen molar-refractivity contribution in [3.63, 3.8) is 0 Å². The second-order valence-corrected chi connectivity index (χ2v) is 20.0. The maximum Gasteiger partial charge on any atom is 0.264 e. The minimum absolute atomic E-state index is 0.139. The van der Waals surface area contributed by atoms with Gasteiger partial charge < -0.3 is 19.7 Å². The molecular formula is C41H49ClN4O6S2. The van der Waals surface area contributed by atoms with Crippen LogP contribution in [-0.4, -0.2) is 69.8 Å². The number of allylic oxidation sites excluding steroid dienone is 1. The second-order valence-electron chi connectivity index (χ2n) is 16.6. The van der Waals surface area contributed by atoms with Crippen LogP contribution in [0.1, 0.15) is 96.4 Å². The normalized spacial score (nSPS) is 33.9. The molecule has 2 unspecified atom stereocenters. The van der Waals surface area contributed by atoms with Crippen molar-refractivity contribution in [3.05, 3.63) is 85.8 Å². The Hall–Kier alpha value is -3.29. The Labute approximate surface area is 327 Å². The van der Waals surface area contributed by atoms with Crippen LogP contribution < -0.4 is 19.7 Å². The molecule has 7 atom stereocenters. The third-order valence-electron chi connectivity index (χ3n) is 13.3. The van der Waals surface area contributed by atoms with Crippen molar-refractivity contribution in [2.45, 2.75) is 88.0 Å². The summed E-state index contributed by atoms with van der Waals surface area (Å²) in [5.41, 5.74) is 5.06. The molecule has 3 aliphatic heterocycles. The fourth-order valence-electron chi connectivity index (χ4n) is 9.92. The van der Waals surface area contributed by atoms with E-state index in [-0.39, 0.29) is 28.7 Å². The number of methoxy groups -OCH3 is 1. The van der Waals surface area contributed by atoms with Gasteiger partial charge in [0.05, 0.1) is 28.7 Å². The standard InChI is InChI=1S/C41H49ClN4O6S2/c1-25-7-5-13-41(22-47,51-4)35-11-14-39(35,3)20-46-21-40(12-6-8-27-15-29(42)9-10-32(27)40)23-52-37-30(31-18-43-19-34-36(31)44-24-53-34)16-28(17-33(37)46)38(48)45-54(49,50)26(25)2/h5,9-10,13,15-17,22,24-26,31,35,43H,6-8,11-12,14,18-21,23H2,1-4H3,(H,45,48)/b13-5+/t25-,26+,31?,35+,39?,40-,41+/m0/s1. The molecule has 288 valence electrons. The fourth-order valence-corrected chi connectivity index (χ4v) is 12.2. The zero-order valence-electron chi connectivity index (χ0n) is 31.3. The maximum atomic E-state index is 14.3. The van der Waals surface area contributed by atoms with Crippen LogP contribution in [0, 0.1) is 17.3 Å². The molecule has 8 rings (SSSR count). The molecule has 2 aliphatic carbocycles. The number of nitrogens with one attached hydrogen (secondary N) is 2. The summed E-state index contributed by atoms with van der Waals surface area (Å²) in [7, 11) is -2.50. The molecule has 54 heavy (non-hydrogen) atoms. The first-order valence-electron chi connectivity index (χ1n) is 19.0. The smallest absolute Gasteiger partial charge is 0.264 e. The van der Waals surface area contributed by atoms with Crippen LogP contribution >= 0.6 is 22.9 Å². The molecule has 1 aromatic heterocycles. The van der Waals surface area contributed by atoms with E-state index >= 15 is 0 Å². The number of carbonyl (C=O) groups is 2. The van der Waals surface area contributed by atoms with E-state index in [1.165, 1.54) is 11.1 Å². The van der Waals surface area contributed by atoms with Crippen molar-refractivity contribution in [2.75, 3.05) is 38.3 Å².